The van der Waals surface area contributed by atoms with Gasteiger partial charge in [-0.2, -0.15) is 0 Å². The van der Waals surface area contributed by atoms with Crippen LogP contribution >= 0.6 is 0 Å². The lowest BCUT2D eigenvalue weighted by Crippen LogP contribution is -2.41. The van der Waals surface area contributed by atoms with Crippen molar-refractivity contribution in [1.29, 1.82) is 0 Å². The molecule has 1 saturated carbocycles. The highest BCUT2D eigenvalue weighted by molar-refractivity contribution is 5.17. The second-order valence-electron chi connectivity index (χ2n) is 4.39. The van der Waals surface area contributed by atoms with Gasteiger partial charge in [0.1, 0.15) is 0 Å². The lowest BCUT2D eigenvalue weighted by atomic mass is 9.70. The van der Waals surface area contributed by atoms with Gasteiger partial charge in [0.2, 0.25) is 0 Å². The molecule has 1 N–H and O–H groups in total. The predicted molar refractivity (Wildman–Crippen MR) is 51.2 cm³/mol. The van der Waals surface area contributed by atoms with Gasteiger partial charge in [-0.05, 0) is 44.1 Å². The fraction of sp³-hybridized carbons (Fsp3) is 0.818. The van der Waals surface area contributed by atoms with E-state index < -0.39 is 5.60 Å². The van der Waals surface area contributed by atoms with Crippen LogP contribution in [0.1, 0.15) is 39.0 Å². The number of aliphatic hydroxyl groups is 1. The molecular formula is C11H18O2. The van der Waals surface area contributed by atoms with E-state index in [0.717, 1.165) is 25.0 Å². The average Bonchev–Trinajstić information content (AvgIpc) is 2.02. The van der Waals surface area contributed by atoms with Crippen molar-refractivity contribution in [2.24, 2.45) is 5.92 Å². The first-order valence-electron chi connectivity index (χ1n) is 5.25. The van der Waals surface area contributed by atoms with Crippen LogP contribution in [0.4, 0.5) is 0 Å². The maximum absolute atomic E-state index is 10.3. The summed E-state index contributed by atoms with van der Waals surface area (Å²) in [4.78, 5) is 0. The van der Waals surface area contributed by atoms with Gasteiger partial charge < -0.3 is 9.84 Å². The van der Waals surface area contributed by atoms with Crippen molar-refractivity contribution < 1.29 is 9.84 Å². The van der Waals surface area contributed by atoms with E-state index >= 15 is 0 Å². The molecule has 1 unspecified atom stereocenters. The Morgan fingerprint density at radius 3 is 2.69 bits per heavy atom. The van der Waals surface area contributed by atoms with Gasteiger partial charge in [-0.3, -0.25) is 0 Å². The molecule has 13 heavy (non-hydrogen) atoms. The molecule has 2 heteroatoms. The summed E-state index contributed by atoms with van der Waals surface area (Å²) in [5.74, 6) is 0.473. The molecule has 74 valence electrons. The van der Waals surface area contributed by atoms with Crippen LogP contribution in [0.25, 0.3) is 0 Å². The Balaban J connectivity index is 2.07. The normalized spacial score (nSPS) is 28.3. The predicted octanol–water partition coefficient (Wildman–Crippen LogP) is 2.23. The van der Waals surface area contributed by atoms with E-state index in [2.05, 4.69) is 0 Å². The molecule has 2 aliphatic rings. The topological polar surface area (TPSA) is 29.5 Å². The van der Waals surface area contributed by atoms with Crippen LogP contribution in [0.3, 0.4) is 0 Å². The Bertz CT molecular complexity index is 214. The third kappa shape index (κ3) is 1.60. The highest BCUT2D eigenvalue weighted by atomic mass is 16.5. The summed E-state index contributed by atoms with van der Waals surface area (Å²) in [5.41, 5.74) is 0.502. The molecule has 0 saturated heterocycles. The molecule has 0 aromatic rings. The maximum atomic E-state index is 10.3. The van der Waals surface area contributed by atoms with Gasteiger partial charge in [0.15, 0.2) is 0 Å². The van der Waals surface area contributed by atoms with E-state index in [9.17, 15) is 5.11 Å². The van der Waals surface area contributed by atoms with Crippen molar-refractivity contribution in [3.63, 3.8) is 0 Å². The van der Waals surface area contributed by atoms with E-state index in [-0.39, 0.29) is 0 Å². The summed E-state index contributed by atoms with van der Waals surface area (Å²) in [7, 11) is 0. The molecule has 0 spiro atoms. The standard InChI is InChI=1S/C11H18O2/c1-11(12,9-4-2-5-9)10-6-3-7-13-8-10/h8-9,12H,2-7H2,1H3. The number of ether oxygens (including phenoxy) is 1. The fourth-order valence-corrected chi connectivity index (χ4v) is 2.17. The first-order valence-corrected chi connectivity index (χ1v) is 5.25. The molecule has 0 radical (unpaired) electrons. The van der Waals surface area contributed by atoms with Crippen LogP contribution in [0.2, 0.25) is 0 Å². The Labute approximate surface area is 79.6 Å². The smallest absolute Gasteiger partial charge is 0.0889 e. The summed E-state index contributed by atoms with van der Waals surface area (Å²) < 4.78 is 5.27. The molecule has 0 amide bonds. The first kappa shape index (κ1) is 9.07. The summed E-state index contributed by atoms with van der Waals surface area (Å²) in [5, 5.41) is 10.3. The molecule has 1 fully saturated rings. The average molecular weight is 182 g/mol. The minimum absolute atomic E-state index is 0.473. The highest BCUT2D eigenvalue weighted by Crippen LogP contribution is 2.41. The monoisotopic (exact) mass is 182 g/mol. The second kappa shape index (κ2) is 3.33. The van der Waals surface area contributed by atoms with Crippen LogP contribution in [0.15, 0.2) is 11.8 Å². The molecule has 2 nitrogen and oxygen atoms in total. The van der Waals surface area contributed by atoms with E-state index in [1.54, 1.807) is 6.26 Å². The van der Waals surface area contributed by atoms with Crippen molar-refractivity contribution in [2.45, 2.75) is 44.6 Å². The molecule has 0 aromatic heterocycles. The zero-order valence-corrected chi connectivity index (χ0v) is 8.25. The number of hydrogen-bond acceptors (Lipinski definition) is 2. The van der Waals surface area contributed by atoms with Gasteiger partial charge in [-0.1, -0.05) is 6.42 Å². The number of rotatable bonds is 2. The lowest BCUT2D eigenvalue weighted by Gasteiger charge is -2.41. The minimum Gasteiger partial charge on any atom is -0.501 e. The van der Waals surface area contributed by atoms with E-state index in [4.69, 9.17) is 4.74 Å². The molecule has 1 aliphatic carbocycles. The Morgan fingerprint density at radius 2 is 2.23 bits per heavy atom. The van der Waals surface area contributed by atoms with Crippen molar-refractivity contribution in [3.05, 3.63) is 11.8 Å². The number of hydrogen-bond donors (Lipinski definition) is 1. The second-order valence-corrected chi connectivity index (χ2v) is 4.39. The van der Waals surface area contributed by atoms with Crippen LogP contribution < -0.4 is 0 Å². The van der Waals surface area contributed by atoms with E-state index in [1.165, 1.54) is 19.3 Å². The maximum Gasteiger partial charge on any atom is 0.0889 e. The zero-order valence-electron chi connectivity index (χ0n) is 8.25. The molecular weight excluding hydrogens is 164 g/mol. The first-order chi connectivity index (χ1) is 6.21. The Hall–Kier alpha value is -0.500. The van der Waals surface area contributed by atoms with Gasteiger partial charge in [-0.25, -0.2) is 0 Å². The minimum atomic E-state index is -0.599. The lowest BCUT2D eigenvalue weighted by molar-refractivity contribution is -0.0116. The van der Waals surface area contributed by atoms with Gasteiger partial charge in [0.25, 0.3) is 0 Å². The van der Waals surface area contributed by atoms with Crippen molar-refractivity contribution in [3.8, 4) is 0 Å². The largest absolute Gasteiger partial charge is 0.501 e. The van der Waals surface area contributed by atoms with Crippen molar-refractivity contribution in [1.82, 2.24) is 0 Å². The Kier molecular flexibility index (Phi) is 2.33. The summed E-state index contributed by atoms with van der Waals surface area (Å²) >= 11 is 0. The molecule has 1 aliphatic heterocycles. The van der Waals surface area contributed by atoms with Gasteiger partial charge in [0.05, 0.1) is 18.5 Å². The molecule has 1 heterocycles. The molecule has 0 bridgehead atoms. The van der Waals surface area contributed by atoms with Crippen LogP contribution in [-0.2, 0) is 4.74 Å². The summed E-state index contributed by atoms with van der Waals surface area (Å²) in [6, 6.07) is 0. The highest BCUT2D eigenvalue weighted by Gasteiger charge is 2.39. The Morgan fingerprint density at radius 1 is 1.46 bits per heavy atom. The fourth-order valence-electron chi connectivity index (χ4n) is 2.17. The molecule has 2 rings (SSSR count). The van der Waals surface area contributed by atoms with Gasteiger partial charge in [-0.15, -0.1) is 0 Å². The summed E-state index contributed by atoms with van der Waals surface area (Å²) in [6.07, 6.45) is 7.45. The van der Waals surface area contributed by atoms with Crippen LogP contribution in [-0.4, -0.2) is 17.3 Å². The third-order valence-electron chi connectivity index (χ3n) is 3.48. The zero-order chi connectivity index (χ0) is 9.31. The molecule has 1 atom stereocenters. The molecule has 0 aromatic carbocycles. The van der Waals surface area contributed by atoms with E-state index in [1.807, 2.05) is 6.92 Å². The quantitative estimate of drug-likeness (QED) is 0.709. The van der Waals surface area contributed by atoms with Gasteiger partial charge >= 0.3 is 0 Å². The SMILES string of the molecule is CC(O)(C1=COCCC1)C1CCC1. The van der Waals surface area contributed by atoms with Crippen molar-refractivity contribution in [2.75, 3.05) is 6.61 Å². The van der Waals surface area contributed by atoms with Gasteiger partial charge in [0, 0.05) is 0 Å². The van der Waals surface area contributed by atoms with Crippen LogP contribution in [0.5, 0.6) is 0 Å². The summed E-state index contributed by atoms with van der Waals surface area (Å²) in [6.45, 7) is 2.75. The van der Waals surface area contributed by atoms with Crippen molar-refractivity contribution >= 4 is 0 Å². The third-order valence-corrected chi connectivity index (χ3v) is 3.48. The van der Waals surface area contributed by atoms with Crippen LogP contribution in [0, 0.1) is 5.92 Å². The van der Waals surface area contributed by atoms with E-state index in [0.29, 0.717) is 5.92 Å².